The van der Waals surface area contributed by atoms with Gasteiger partial charge >= 0.3 is 0 Å². The summed E-state index contributed by atoms with van der Waals surface area (Å²) in [5, 5.41) is 6.30. The van der Waals surface area contributed by atoms with Gasteiger partial charge in [-0.25, -0.2) is 0 Å². The Morgan fingerprint density at radius 3 is 2.94 bits per heavy atom. The van der Waals surface area contributed by atoms with Gasteiger partial charge in [0.1, 0.15) is 0 Å². The highest BCUT2D eigenvalue weighted by atomic mass is 16.2. The Bertz CT molecular complexity index is 354. The third kappa shape index (κ3) is 2.51. The van der Waals surface area contributed by atoms with Crippen molar-refractivity contribution in [3.05, 3.63) is 0 Å². The van der Waals surface area contributed by atoms with Gasteiger partial charge in [0.25, 0.3) is 0 Å². The first-order chi connectivity index (χ1) is 8.74. The summed E-state index contributed by atoms with van der Waals surface area (Å²) >= 11 is 0. The molecule has 5 heteroatoms. The molecule has 2 amide bonds. The predicted octanol–water partition coefficient (Wildman–Crippen LogP) is -0.277. The molecule has 1 aliphatic carbocycles. The van der Waals surface area contributed by atoms with E-state index in [-0.39, 0.29) is 30.3 Å². The second kappa shape index (κ2) is 4.88. The van der Waals surface area contributed by atoms with Crippen LogP contribution in [0.4, 0.5) is 0 Å². The maximum Gasteiger partial charge on any atom is 0.239 e. The largest absolute Gasteiger partial charge is 0.354 e. The van der Waals surface area contributed by atoms with Crippen molar-refractivity contribution >= 4 is 11.8 Å². The number of hydrogen-bond acceptors (Lipinski definition) is 3. The Kier molecular flexibility index (Phi) is 3.24. The van der Waals surface area contributed by atoms with Crippen LogP contribution in [0.5, 0.6) is 0 Å². The number of fused-ring (bicyclic) bond motifs is 1. The number of hydrogen-bond donors (Lipinski definition) is 2. The summed E-state index contributed by atoms with van der Waals surface area (Å²) in [6.45, 7) is 2.71. The zero-order chi connectivity index (χ0) is 12.5. The van der Waals surface area contributed by atoms with Crippen molar-refractivity contribution in [1.82, 2.24) is 15.5 Å². The molecule has 3 aliphatic rings. The molecule has 2 heterocycles. The number of carbonyl (C=O) groups is 2. The molecule has 2 aliphatic heterocycles. The lowest BCUT2D eigenvalue weighted by Crippen LogP contribution is -2.41. The highest BCUT2D eigenvalue weighted by Crippen LogP contribution is 2.28. The number of carbonyl (C=O) groups excluding carboxylic acids is 2. The lowest BCUT2D eigenvalue weighted by atomic mass is 9.94. The molecule has 1 saturated carbocycles. The van der Waals surface area contributed by atoms with Gasteiger partial charge in [-0.05, 0) is 38.1 Å². The van der Waals surface area contributed by atoms with Crippen LogP contribution >= 0.6 is 0 Å². The SMILES string of the molecule is O=C(CN1CC2NCCCC2C1=O)NCC1CC1. The Morgan fingerprint density at radius 2 is 2.22 bits per heavy atom. The molecule has 18 heavy (non-hydrogen) atoms. The van der Waals surface area contributed by atoms with Gasteiger partial charge in [0.15, 0.2) is 0 Å². The van der Waals surface area contributed by atoms with Crippen LogP contribution in [-0.2, 0) is 9.59 Å². The van der Waals surface area contributed by atoms with Crippen LogP contribution in [0, 0.1) is 11.8 Å². The van der Waals surface area contributed by atoms with Crippen molar-refractivity contribution in [2.45, 2.75) is 31.7 Å². The minimum Gasteiger partial charge on any atom is -0.354 e. The number of likely N-dealkylation sites (tertiary alicyclic amines) is 1. The smallest absolute Gasteiger partial charge is 0.239 e. The highest BCUT2D eigenvalue weighted by molar-refractivity contribution is 5.88. The average Bonchev–Trinajstić information content (AvgIpc) is 3.15. The fourth-order valence-corrected chi connectivity index (χ4v) is 2.95. The van der Waals surface area contributed by atoms with E-state index in [9.17, 15) is 9.59 Å². The van der Waals surface area contributed by atoms with E-state index < -0.39 is 0 Å². The van der Waals surface area contributed by atoms with Crippen LogP contribution in [0.1, 0.15) is 25.7 Å². The van der Waals surface area contributed by atoms with Crippen LogP contribution < -0.4 is 10.6 Å². The van der Waals surface area contributed by atoms with E-state index in [4.69, 9.17) is 0 Å². The quantitative estimate of drug-likeness (QED) is 0.722. The maximum atomic E-state index is 12.1. The van der Waals surface area contributed by atoms with Crippen molar-refractivity contribution in [3.8, 4) is 0 Å². The number of piperidine rings is 1. The molecular formula is C13H21N3O2. The number of amides is 2. The minimum atomic E-state index is -0.00565. The molecule has 0 bridgehead atoms. The second-order valence-corrected chi connectivity index (χ2v) is 5.78. The van der Waals surface area contributed by atoms with E-state index in [0.29, 0.717) is 12.5 Å². The van der Waals surface area contributed by atoms with Crippen LogP contribution in [0.2, 0.25) is 0 Å². The fraction of sp³-hybridized carbons (Fsp3) is 0.846. The zero-order valence-electron chi connectivity index (χ0n) is 10.7. The van der Waals surface area contributed by atoms with Gasteiger partial charge in [-0.3, -0.25) is 9.59 Å². The molecule has 3 rings (SSSR count). The molecule has 5 nitrogen and oxygen atoms in total. The standard InChI is InChI=1S/C13H21N3O2/c17-12(15-6-9-3-4-9)8-16-7-11-10(13(16)18)2-1-5-14-11/h9-11,14H,1-8H2,(H,15,17). The minimum absolute atomic E-state index is 0.00565. The van der Waals surface area contributed by atoms with Gasteiger partial charge in [-0.15, -0.1) is 0 Å². The first-order valence-electron chi connectivity index (χ1n) is 7.03. The predicted molar refractivity (Wildman–Crippen MR) is 66.8 cm³/mol. The molecule has 0 aromatic carbocycles. The summed E-state index contributed by atoms with van der Waals surface area (Å²) in [7, 11) is 0. The van der Waals surface area contributed by atoms with Crippen molar-refractivity contribution < 1.29 is 9.59 Å². The normalized spacial score (nSPS) is 31.3. The Labute approximate surface area is 107 Å². The van der Waals surface area contributed by atoms with Gasteiger partial charge in [0.05, 0.1) is 12.5 Å². The molecular weight excluding hydrogens is 230 g/mol. The number of nitrogens with one attached hydrogen (secondary N) is 2. The maximum absolute atomic E-state index is 12.1. The second-order valence-electron chi connectivity index (χ2n) is 5.78. The molecule has 2 unspecified atom stereocenters. The summed E-state index contributed by atoms with van der Waals surface area (Å²) in [6.07, 6.45) is 4.50. The van der Waals surface area contributed by atoms with Crippen molar-refractivity contribution in [1.29, 1.82) is 0 Å². The van der Waals surface area contributed by atoms with Crippen molar-refractivity contribution in [2.24, 2.45) is 11.8 Å². The van der Waals surface area contributed by atoms with Crippen molar-refractivity contribution in [3.63, 3.8) is 0 Å². The third-order valence-corrected chi connectivity index (χ3v) is 4.25. The first-order valence-corrected chi connectivity index (χ1v) is 7.03. The molecule has 2 saturated heterocycles. The molecule has 0 aromatic heterocycles. The van der Waals surface area contributed by atoms with E-state index in [0.717, 1.165) is 25.9 Å². The molecule has 100 valence electrons. The molecule has 2 N–H and O–H groups in total. The molecule has 3 fully saturated rings. The topological polar surface area (TPSA) is 61.4 Å². The van der Waals surface area contributed by atoms with E-state index in [2.05, 4.69) is 10.6 Å². The number of nitrogens with zero attached hydrogens (tertiary/aromatic N) is 1. The van der Waals surface area contributed by atoms with E-state index in [1.807, 2.05) is 0 Å². The Balaban J connectivity index is 1.49. The molecule has 0 spiro atoms. The van der Waals surface area contributed by atoms with E-state index in [1.54, 1.807) is 4.90 Å². The van der Waals surface area contributed by atoms with Crippen LogP contribution in [0.15, 0.2) is 0 Å². The third-order valence-electron chi connectivity index (χ3n) is 4.25. The summed E-state index contributed by atoms with van der Waals surface area (Å²) < 4.78 is 0. The summed E-state index contributed by atoms with van der Waals surface area (Å²) in [5.74, 6) is 0.949. The van der Waals surface area contributed by atoms with Gasteiger partial charge in [-0.2, -0.15) is 0 Å². The number of rotatable bonds is 4. The fourth-order valence-electron chi connectivity index (χ4n) is 2.95. The Hall–Kier alpha value is -1.10. The Morgan fingerprint density at radius 1 is 1.39 bits per heavy atom. The first kappa shape index (κ1) is 12.0. The molecule has 2 atom stereocenters. The highest BCUT2D eigenvalue weighted by Gasteiger charge is 2.41. The monoisotopic (exact) mass is 251 g/mol. The summed E-state index contributed by atoms with van der Waals surface area (Å²) in [5.41, 5.74) is 0. The van der Waals surface area contributed by atoms with Crippen LogP contribution in [-0.4, -0.2) is 48.9 Å². The van der Waals surface area contributed by atoms with Gasteiger partial charge < -0.3 is 15.5 Å². The zero-order valence-corrected chi connectivity index (χ0v) is 10.7. The van der Waals surface area contributed by atoms with Crippen LogP contribution in [0.25, 0.3) is 0 Å². The van der Waals surface area contributed by atoms with Crippen molar-refractivity contribution in [2.75, 3.05) is 26.2 Å². The lowest BCUT2D eigenvalue weighted by molar-refractivity contribution is -0.135. The average molecular weight is 251 g/mol. The summed E-state index contributed by atoms with van der Waals surface area (Å²) in [6, 6.07) is 0.266. The van der Waals surface area contributed by atoms with Gasteiger partial charge in [0.2, 0.25) is 11.8 Å². The van der Waals surface area contributed by atoms with Crippen LogP contribution in [0.3, 0.4) is 0 Å². The molecule has 0 radical (unpaired) electrons. The van der Waals surface area contributed by atoms with Gasteiger partial charge in [0, 0.05) is 19.1 Å². The summed E-state index contributed by atoms with van der Waals surface area (Å²) in [4.78, 5) is 25.6. The molecule has 0 aromatic rings. The van der Waals surface area contributed by atoms with E-state index in [1.165, 1.54) is 12.8 Å². The van der Waals surface area contributed by atoms with Gasteiger partial charge in [-0.1, -0.05) is 0 Å². The van der Waals surface area contributed by atoms with E-state index >= 15 is 0 Å². The lowest BCUT2D eigenvalue weighted by Gasteiger charge is -2.23.